The molecule has 0 unspecified atom stereocenters. The summed E-state index contributed by atoms with van der Waals surface area (Å²) in [6.07, 6.45) is 1.65. The normalized spacial score (nSPS) is 11.5. The number of halogens is 1. The maximum atomic E-state index is 12.1. The molecule has 0 aliphatic carbocycles. The van der Waals surface area contributed by atoms with Crippen molar-refractivity contribution in [2.24, 2.45) is 7.05 Å². The van der Waals surface area contributed by atoms with Crippen LogP contribution in [0.3, 0.4) is 0 Å². The molecule has 18 heavy (non-hydrogen) atoms. The highest BCUT2D eigenvalue weighted by atomic mass is 35.5. The minimum Gasteiger partial charge on any atom is -0.274 e. The molecule has 1 aromatic heterocycles. The Morgan fingerprint density at radius 1 is 1.33 bits per heavy atom. The van der Waals surface area contributed by atoms with Crippen LogP contribution in [-0.2, 0) is 17.1 Å². The van der Waals surface area contributed by atoms with Crippen LogP contribution in [0.15, 0.2) is 35.4 Å². The lowest BCUT2D eigenvalue weighted by Crippen LogP contribution is -2.13. The molecular formula is C11H12ClN3O2S. The average molecular weight is 286 g/mol. The molecule has 1 heterocycles. The van der Waals surface area contributed by atoms with Crippen LogP contribution in [-0.4, -0.2) is 18.2 Å². The van der Waals surface area contributed by atoms with Gasteiger partial charge in [-0.1, -0.05) is 17.7 Å². The number of hydrogen-bond acceptors (Lipinski definition) is 3. The molecule has 0 aliphatic heterocycles. The lowest BCUT2D eigenvalue weighted by atomic mass is 10.2. The van der Waals surface area contributed by atoms with Crippen LogP contribution in [0.4, 0.5) is 5.82 Å². The number of sulfonamides is 1. The number of rotatable bonds is 3. The van der Waals surface area contributed by atoms with Gasteiger partial charge in [0.1, 0.15) is 0 Å². The lowest BCUT2D eigenvalue weighted by Gasteiger charge is -2.06. The molecule has 1 aromatic carbocycles. The maximum absolute atomic E-state index is 12.1. The number of benzene rings is 1. The van der Waals surface area contributed by atoms with Crippen LogP contribution in [0, 0.1) is 6.92 Å². The molecule has 1 N–H and O–H groups in total. The Morgan fingerprint density at radius 3 is 2.61 bits per heavy atom. The van der Waals surface area contributed by atoms with Crippen molar-refractivity contribution in [2.75, 3.05) is 4.72 Å². The summed E-state index contributed by atoms with van der Waals surface area (Å²) < 4.78 is 28.0. The van der Waals surface area contributed by atoms with E-state index >= 15 is 0 Å². The van der Waals surface area contributed by atoms with E-state index < -0.39 is 10.0 Å². The molecule has 0 saturated heterocycles. The van der Waals surface area contributed by atoms with Gasteiger partial charge in [0.05, 0.1) is 4.90 Å². The minimum atomic E-state index is -3.65. The summed E-state index contributed by atoms with van der Waals surface area (Å²) in [4.78, 5) is 0.115. The van der Waals surface area contributed by atoms with Crippen molar-refractivity contribution < 1.29 is 8.42 Å². The Kier molecular flexibility index (Phi) is 3.32. The van der Waals surface area contributed by atoms with E-state index in [4.69, 9.17) is 11.6 Å². The quantitative estimate of drug-likeness (QED) is 0.940. The molecule has 0 aliphatic rings. The van der Waals surface area contributed by atoms with E-state index in [1.165, 1.54) is 16.8 Å². The zero-order chi connectivity index (χ0) is 13.3. The number of aromatic nitrogens is 2. The van der Waals surface area contributed by atoms with Gasteiger partial charge in [0, 0.05) is 24.3 Å². The van der Waals surface area contributed by atoms with Crippen molar-refractivity contribution in [3.63, 3.8) is 0 Å². The summed E-state index contributed by atoms with van der Waals surface area (Å²) in [5.74, 6) is 0.272. The van der Waals surface area contributed by atoms with E-state index in [9.17, 15) is 8.42 Å². The third-order valence-corrected chi connectivity index (χ3v) is 4.17. The molecule has 5 nitrogen and oxygen atoms in total. The van der Waals surface area contributed by atoms with E-state index in [-0.39, 0.29) is 10.7 Å². The van der Waals surface area contributed by atoms with Gasteiger partial charge in [0.15, 0.2) is 5.82 Å². The van der Waals surface area contributed by atoms with Crippen molar-refractivity contribution in [1.29, 1.82) is 0 Å². The lowest BCUT2D eigenvalue weighted by molar-refractivity contribution is 0.601. The predicted molar refractivity (Wildman–Crippen MR) is 70.2 cm³/mol. The Bertz CT molecular complexity index is 679. The zero-order valence-corrected chi connectivity index (χ0v) is 11.5. The first-order valence-electron chi connectivity index (χ1n) is 5.17. The molecule has 0 spiro atoms. The van der Waals surface area contributed by atoms with Crippen LogP contribution in [0.25, 0.3) is 0 Å². The van der Waals surface area contributed by atoms with Crippen molar-refractivity contribution in [1.82, 2.24) is 9.78 Å². The Balaban J connectivity index is 2.33. The van der Waals surface area contributed by atoms with Crippen LogP contribution in [0.1, 0.15) is 5.56 Å². The van der Waals surface area contributed by atoms with E-state index in [2.05, 4.69) is 9.82 Å². The van der Waals surface area contributed by atoms with Gasteiger partial charge in [0.25, 0.3) is 10.0 Å². The van der Waals surface area contributed by atoms with Crippen molar-refractivity contribution >= 4 is 27.4 Å². The molecule has 0 amide bonds. The monoisotopic (exact) mass is 285 g/mol. The molecule has 96 valence electrons. The molecule has 2 aromatic rings. The number of hydrogen-bond donors (Lipinski definition) is 1. The smallest absolute Gasteiger partial charge is 0.263 e. The first-order chi connectivity index (χ1) is 8.38. The fraction of sp³-hybridized carbons (Fsp3) is 0.182. The first kappa shape index (κ1) is 12.9. The number of nitrogens with zero attached hydrogens (tertiary/aromatic N) is 2. The third kappa shape index (κ3) is 2.65. The van der Waals surface area contributed by atoms with E-state index in [1.807, 2.05) is 6.92 Å². The summed E-state index contributed by atoms with van der Waals surface area (Å²) in [5, 5.41) is 4.37. The summed E-state index contributed by atoms with van der Waals surface area (Å²) in [6.45, 7) is 1.81. The molecular weight excluding hydrogens is 274 g/mol. The molecule has 0 saturated carbocycles. The zero-order valence-electron chi connectivity index (χ0n) is 9.88. The highest BCUT2D eigenvalue weighted by molar-refractivity contribution is 7.92. The Labute approximate surface area is 110 Å². The van der Waals surface area contributed by atoms with Gasteiger partial charge in [0.2, 0.25) is 0 Å². The fourth-order valence-corrected chi connectivity index (χ4v) is 2.67. The molecule has 0 radical (unpaired) electrons. The summed E-state index contributed by atoms with van der Waals surface area (Å²) >= 11 is 5.92. The summed E-state index contributed by atoms with van der Waals surface area (Å²) in [7, 11) is -1.94. The second-order valence-electron chi connectivity index (χ2n) is 3.89. The number of aryl methyl sites for hydroxylation is 2. The van der Waals surface area contributed by atoms with Crippen LogP contribution in [0.2, 0.25) is 5.02 Å². The summed E-state index contributed by atoms with van der Waals surface area (Å²) in [5.41, 5.74) is 0.827. The van der Waals surface area contributed by atoms with Crippen molar-refractivity contribution in [2.45, 2.75) is 11.8 Å². The second kappa shape index (κ2) is 4.62. The summed E-state index contributed by atoms with van der Waals surface area (Å²) in [6, 6.07) is 6.16. The van der Waals surface area contributed by atoms with E-state index in [0.29, 0.717) is 5.02 Å². The van der Waals surface area contributed by atoms with Crippen molar-refractivity contribution in [3.8, 4) is 0 Å². The van der Waals surface area contributed by atoms with Crippen LogP contribution < -0.4 is 4.72 Å². The highest BCUT2D eigenvalue weighted by Crippen LogP contribution is 2.21. The van der Waals surface area contributed by atoms with Crippen LogP contribution in [0.5, 0.6) is 0 Å². The van der Waals surface area contributed by atoms with Gasteiger partial charge in [-0.05, 0) is 24.6 Å². The van der Waals surface area contributed by atoms with Crippen LogP contribution >= 0.6 is 11.6 Å². The molecule has 2 rings (SSSR count). The first-order valence-corrected chi connectivity index (χ1v) is 7.03. The van der Waals surface area contributed by atoms with Gasteiger partial charge in [-0.25, -0.2) is 8.42 Å². The number of anilines is 1. The molecule has 7 heteroatoms. The Hall–Kier alpha value is -1.53. The second-order valence-corrected chi connectivity index (χ2v) is 5.98. The Morgan fingerprint density at radius 2 is 2.06 bits per heavy atom. The SMILES string of the molecule is Cc1ccc(S(=O)(=O)Nc2ccn(C)n2)cc1Cl. The number of nitrogens with one attached hydrogen (secondary N) is 1. The molecule has 0 atom stereocenters. The molecule has 0 fully saturated rings. The maximum Gasteiger partial charge on any atom is 0.263 e. The van der Waals surface area contributed by atoms with Gasteiger partial charge in [-0.15, -0.1) is 0 Å². The predicted octanol–water partition coefficient (Wildman–Crippen LogP) is 2.18. The van der Waals surface area contributed by atoms with Gasteiger partial charge >= 0.3 is 0 Å². The van der Waals surface area contributed by atoms with Gasteiger partial charge in [-0.3, -0.25) is 9.40 Å². The third-order valence-electron chi connectivity index (χ3n) is 2.41. The van der Waals surface area contributed by atoms with Crippen molar-refractivity contribution in [3.05, 3.63) is 41.0 Å². The topological polar surface area (TPSA) is 64.0 Å². The fourth-order valence-electron chi connectivity index (χ4n) is 1.41. The highest BCUT2D eigenvalue weighted by Gasteiger charge is 2.16. The molecule has 0 bridgehead atoms. The van der Waals surface area contributed by atoms with Gasteiger partial charge in [-0.2, -0.15) is 5.10 Å². The average Bonchev–Trinajstić information content (AvgIpc) is 2.67. The van der Waals surface area contributed by atoms with E-state index in [0.717, 1.165) is 5.56 Å². The largest absolute Gasteiger partial charge is 0.274 e. The minimum absolute atomic E-state index is 0.115. The van der Waals surface area contributed by atoms with E-state index in [1.54, 1.807) is 25.4 Å². The van der Waals surface area contributed by atoms with Gasteiger partial charge < -0.3 is 0 Å². The standard InChI is InChI=1S/C11H12ClN3O2S/c1-8-3-4-9(7-10(8)12)18(16,17)14-11-5-6-15(2)13-11/h3-7H,1-2H3,(H,13,14).